The molecular weight excluding hydrogens is 368 g/mol. The van der Waals surface area contributed by atoms with Crippen molar-refractivity contribution in [3.63, 3.8) is 0 Å². The second kappa shape index (κ2) is 8.16. The van der Waals surface area contributed by atoms with Gasteiger partial charge >= 0.3 is 0 Å². The van der Waals surface area contributed by atoms with E-state index in [0.717, 1.165) is 47.0 Å². The quantitative estimate of drug-likeness (QED) is 0.511. The molecule has 0 saturated carbocycles. The minimum atomic E-state index is 0.140. The summed E-state index contributed by atoms with van der Waals surface area (Å²) in [5.74, 6) is 1.34. The maximum absolute atomic E-state index is 6.24. The lowest BCUT2D eigenvalue weighted by molar-refractivity contribution is 0.372. The summed E-state index contributed by atoms with van der Waals surface area (Å²) in [6.45, 7) is 12.3. The van der Waals surface area contributed by atoms with Gasteiger partial charge in [0.2, 0.25) is 0 Å². The van der Waals surface area contributed by atoms with Gasteiger partial charge in [0.05, 0.1) is 12.8 Å². The molecule has 0 spiro atoms. The molecule has 0 fully saturated rings. The Bertz CT molecular complexity index is 888. The van der Waals surface area contributed by atoms with Crippen LogP contribution in [0.5, 0.6) is 5.75 Å². The topological polar surface area (TPSA) is 24.8 Å². The molecule has 3 nitrogen and oxygen atoms in total. The Balaban J connectivity index is 2.06. The average Bonchev–Trinajstić information content (AvgIpc) is 2.65. The number of anilines is 1. The van der Waals surface area contributed by atoms with E-state index < -0.39 is 0 Å². The molecule has 2 aromatic carbocycles. The van der Waals surface area contributed by atoms with Crippen molar-refractivity contribution in [1.29, 1.82) is 0 Å². The van der Waals surface area contributed by atoms with Crippen molar-refractivity contribution in [2.45, 2.75) is 58.9 Å². The van der Waals surface area contributed by atoms with Gasteiger partial charge in [-0.3, -0.25) is 4.99 Å². The Hall–Kier alpha value is -2.00. The van der Waals surface area contributed by atoms with E-state index in [2.05, 4.69) is 44.7 Å². The summed E-state index contributed by atoms with van der Waals surface area (Å²) in [5, 5.41) is 0.734. The summed E-state index contributed by atoms with van der Waals surface area (Å²) in [6.07, 6.45) is 4.15. The summed E-state index contributed by atoms with van der Waals surface area (Å²) < 4.78 is 5.74. The molecule has 0 aromatic heterocycles. The van der Waals surface area contributed by atoms with Crippen molar-refractivity contribution < 1.29 is 4.74 Å². The van der Waals surface area contributed by atoms with E-state index in [1.807, 2.05) is 31.3 Å². The maximum Gasteiger partial charge on any atom is 0.129 e. The number of methoxy groups -OCH3 is 1. The zero-order valence-electron chi connectivity index (χ0n) is 17.8. The van der Waals surface area contributed by atoms with Crippen LogP contribution in [0.25, 0.3) is 0 Å². The molecule has 1 atom stereocenters. The number of benzene rings is 2. The molecule has 0 aliphatic carbocycles. The molecule has 0 radical (unpaired) electrons. The number of ether oxygens (including phenoxy) is 1. The Kier molecular flexibility index (Phi) is 6.04. The number of fused-ring (bicyclic) bond motifs is 1. The van der Waals surface area contributed by atoms with Crippen LogP contribution >= 0.6 is 11.6 Å². The van der Waals surface area contributed by atoms with Crippen LogP contribution in [0.15, 0.2) is 35.3 Å². The first-order valence-corrected chi connectivity index (χ1v) is 10.4. The number of hydrogen-bond donors (Lipinski definition) is 0. The van der Waals surface area contributed by atoms with Crippen LogP contribution < -0.4 is 9.64 Å². The Morgan fingerprint density at radius 2 is 2.07 bits per heavy atom. The molecule has 0 amide bonds. The normalized spacial score (nSPS) is 18.4. The molecule has 1 aliphatic rings. The standard InChI is InChI=1S/C24H31ClN2O/c1-7-11-27-22-13-23(28-6)18(12-19(22)16(2)14-24(27,4)5)15-26-21-10-8-9-20(25)17(21)3/h8-10,12-13,15-16H,7,11,14H2,1-6H3. The van der Waals surface area contributed by atoms with E-state index in [4.69, 9.17) is 21.3 Å². The van der Waals surface area contributed by atoms with Crippen LogP contribution in [0.1, 0.15) is 63.1 Å². The van der Waals surface area contributed by atoms with E-state index in [-0.39, 0.29) is 5.54 Å². The molecule has 0 saturated heterocycles. The molecule has 0 N–H and O–H groups in total. The van der Waals surface area contributed by atoms with Gasteiger partial charge < -0.3 is 9.64 Å². The van der Waals surface area contributed by atoms with Gasteiger partial charge in [-0.25, -0.2) is 0 Å². The van der Waals surface area contributed by atoms with Crippen molar-refractivity contribution in [3.05, 3.63) is 52.0 Å². The molecule has 1 heterocycles. The van der Waals surface area contributed by atoms with Crippen LogP contribution in [-0.4, -0.2) is 25.4 Å². The highest BCUT2D eigenvalue weighted by atomic mass is 35.5. The smallest absolute Gasteiger partial charge is 0.129 e. The molecule has 0 bridgehead atoms. The second-order valence-corrected chi connectivity index (χ2v) is 8.77. The number of aliphatic imine (C=N–C) groups is 1. The first kappa shape index (κ1) is 20.7. The average molecular weight is 399 g/mol. The fourth-order valence-corrected chi connectivity index (χ4v) is 4.50. The molecule has 1 unspecified atom stereocenters. The van der Waals surface area contributed by atoms with Gasteiger partial charge in [0.1, 0.15) is 5.75 Å². The summed E-state index contributed by atoms with van der Waals surface area (Å²) in [5.41, 5.74) is 5.68. The number of hydrogen-bond acceptors (Lipinski definition) is 3. The molecule has 4 heteroatoms. The van der Waals surface area contributed by atoms with E-state index in [1.54, 1.807) is 7.11 Å². The first-order chi connectivity index (χ1) is 13.3. The summed E-state index contributed by atoms with van der Waals surface area (Å²) >= 11 is 6.24. The fraction of sp³-hybridized carbons (Fsp3) is 0.458. The number of nitrogens with zero attached hydrogens (tertiary/aromatic N) is 2. The number of halogens is 1. The lowest BCUT2D eigenvalue weighted by Gasteiger charge is -2.47. The fourth-order valence-electron chi connectivity index (χ4n) is 4.33. The maximum atomic E-state index is 6.24. The van der Waals surface area contributed by atoms with Gasteiger partial charge in [-0.1, -0.05) is 31.5 Å². The second-order valence-electron chi connectivity index (χ2n) is 8.36. The highest BCUT2D eigenvalue weighted by molar-refractivity contribution is 6.31. The third-order valence-corrected chi connectivity index (χ3v) is 6.18. The minimum absolute atomic E-state index is 0.140. The molecule has 3 rings (SSSR count). The third-order valence-electron chi connectivity index (χ3n) is 5.77. The van der Waals surface area contributed by atoms with E-state index in [9.17, 15) is 0 Å². The molecule has 28 heavy (non-hydrogen) atoms. The lowest BCUT2D eigenvalue weighted by Crippen LogP contribution is -2.48. The van der Waals surface area contributed by atoms with Gasteiger partial charge in [-0.2, -0.15) is 0 Å². The Labute approximate surface area is 174 Å². The largest absolute Gasteiger partial charge is 0.496 e. The highest BCUT2D eigenvalue weighted by Crippen LogP contribution is 2.45. The predicted octanol–water partition coefficient (Wildman–Crippen LogP) is 6.91. The van der Waals surface area contributed by atoms with E-state index in [0.29, 0.717) is 5.92 Å². The zero-order valence-corrected chi connectivity index (χ0v) is 18.6. The zero-order chi connectivity index (χ0) is 20.5. The lowest BCUT2D eigenvalue weighted by atomic mass is 9.79. The third kappa shape index (κ3) is 3.91. The van der Waals surface area contributed by atoms with Crippen LogP contribution in [-0.2, 0) is 0 Å². The van der Waals surface area contributed by atoms with Crippen LogP contribution in [0.2, 0.25) is 5.02 Å². The Morgan fingerprint density at radius 3 is 2.75 bits per heavy atom. The molecule has 150 valence electrons. The van der Waals surface area contributed by atoms with Gasteiger partial charge in [-0.15, -0.1) is 0 Å². The molecular formula is C24H31ClN2O. The SMILES string of the molecule is CCCN1c2cc(OC)c(C=Nc3cccc(Cl)c3C)cc2C(C)CC1(C)C. The van der Waals surface area contributed by atoms with Gasteiger partial charge in [0, 0.05) is 40.6 Å². The van der Waals surface area contributed by atoms with Crippen LogP contribution in [0, 0.1) is 6.92 Å². The number of rotatable bonds is 5. The predicted molar refractivity (Wildman–Crippen MR) is 121 cm³/mol. The molecule has 1 aliphatic heterocycles. The highest BCUT2D eigenvalue weighted by Gasteiger charge is 2.36. The van der Waals surface area contributed by atoms with Crippen LogP contribution in [0.4, 0.5) is 11.4 Å². The van der Waals surface area contributed by atoms with Crippen molar-refractivity contribution in [2.24, 2.45) is 4.99 Å². The summed E-state index contributed by atoms with van der Waals surface area (Å²) in [4.78, 5) is 7.23. The van der Waals surface area contributed by atoms with Crippen molar-refractivity contribution >= 4 is 29.2 Å². The van der Waals surface area contributed by atoms with Crippen molar-refractivity contribution in [2.75, 3.05) is 18.6 Å². The first-order valence-electron chi connectivity index (χ1n) is 10.1. The van der Waals surface area contributed by atoms with Crippen LogP contribution in [0.3, 0.4) is 0 Å². The van der Waals surface area contributed by atoms with Gasteiger partial charge in [0.25, 0.3) is 0 Å². The monoisotopic (exact) mass is 398 g/mol. The summed E-state index contributed by atoms with van der Waals surface area (Å²) in [6, 6.07) is 10.2. The van der Waals surface area contributed by atoms with Crippen molar-refractivity contribution in [3.8, 4) is 5.75 Å². The van der Waals surface area contributed by atoms with E-state index >= 15 is 0 Å². The Morgan fingerprint density at radius 1 is 1.32 bits per heavy atom. The van der Waals surface area contributed by atoms with E-state index in [1.165, 1.54) is 11.3 Å². The van der Waals surface area contributed by atoms with Gasteiger partial charge in [-0.05, 0) is 68.9 Å². The van der Waals surface area contributed by atoms with Gasteiger partial charge in [0.15, 0.2) is 0 Å². The molecule has 2 aromatic rings. The summed E-state index contributed by atoms with van der Waals surface area (Å²) in [7, 11) is 1.73. The van der Waals surface area contributed by atoms with Crippen molar-refractivity contribution in [1.82, 2.24) is 0 Å². The minimum Gasteiger partial charge on any atom is -0.496 e.